The van der Waals surface area contributed by atoms with Gasteiger partial charge in [-0.25, -0.2) is 14.4 Å². The van der Waals surface area contributed by atoms with Crippen LogP contribution in [0.4, 0.5) is 10.2 Å². The van der Waals surface area contributed by atoms with Gasteiger partial charge >= 0.3 is 0 Å². The number of amides is 1. The van der Waals surface area contributed by atoms with Crippen LogP contribution in [0.5, 0.6) is 0 Å². The van der Waals surface area contributed by atoms with E-state index < -0.39 is 0 Å². The van der Waals surface area contributed by atoms with Crippen molar-refractivity contribution in [1.82, 2.24) is 14.5 Å². The molecule has 5 aromatic rings. The Kier molecular flexibility index (Phi) is 6.69. The molecule has 0 aliphatic rings. The van der Waals surface area contributed by atoms with Gasteiger partial charge in [-0.3, -0.25) is 4.79 Å². The van der Waals surface area contributed by atoms with Crippen LogP contribution in [0.25, 0.3) is 21.5 Å². The molecule has 3 aromatic carbocycles. The van der Waals surface area contributed by atoms with Crippen LogP contribution in [-0.2, 0) is 17.1 Å². The summed E-state index contributed by atoms with van der Waals surface area (Å²) in [4.78, 5) is 22.0. The van der Waals surface area contributed by atoms with E-state index in [1.165, 1.54) is 23.9 Å². The van der Waals surface area contributed by atoms with Gasteiger partial charge in [0.1, 0.15) is 22.3 Å². The van der Waals surface area contributed by atoms with E-state index in [-0.39, 0.29) is 17.5 Å². The minimum absolute atomic E-state index is 0.121. The number of fused-ring (bicyclic) bond motifs is 1. The van der Waals surface area contributed by atoms with Gasteiger partial charge in [0.2, 0.25) is 5.91 Å². The number of anilines is 1. The van der Waals surface area contributed by atoms with Crippen molar-refractivity contribution in [2.45, 2.75) is 12.3 Å². The molecule has 0 radical (unpaired) electrons. The highest BCUT2D eigenvalue weighted by Gasteiger charge is 2.16. The van der Waals surface area contributed by atoms with Crippen molar-refractivity contribution in [3.8, 4) is 11.3 Å². The number of para-hydroxylation sites is 1. The van der Waals surface area contributed by atoms with E-state index in [0.29, 0.717) is 23.8 Å². The van der Waals surface area contributed by atoms with Crippen LogP contribution < -0.4 is 5.32 Å². The Morgan fingerprint density at radius 3 is 2.56 bits per heavy atom. The first-order chi connectivity index (χ1) is 16.7. The lowest BCUT2D eigenvalue weighted by Crippen LogP contribution is -2.18. The number of nitrogens with one attached hydrogen (secondary N) is 1. The number of carbonyl (C=O) groups excluding carboxylic acids is 1. The summed E-state index contributed by atoms with van der Waals surface area (Å²) in [5.41, 5.74) is 3.43. The van der Waals surface area contributed by atoms with Gasteiger partial charge in [0.15, 0.2) is 0 Å². The van der Waals surface area contributed by atoms with Crippen LogP contribution in [-0.4, -0.2) is 26.2 Å². The molecule has 0 fully saturated rings. The van der Waals surface area contributed by atoms with Gasteiger partial charge in [-0.05, 0) is 42.0 Å². The molecule has 2 heterocycles. The fourth-order valence-electron chi connectivity index (χ4n) is 3.61. The second-order valence-corrected chi connectivity index (χ2v) is 9.78. The molecular weight excluding hydrogens is 467 g/mol. The van der Waals surface area contributed by atoms with Crippen molar-refractivity contribution >= 4 is 45.0 Å². The lowest BCUT2D eigenvalue weighted by molar-refractivity contribution is -0.113. The predicted octanol–water partition coefficient (Wildman–Crippen LogP) is 6.22. The number of aromatic nitrogens is 3. The Morgan fingerprint density at radius 2 is 1.76 bits per heavy atom. The van der Waals surface area contributed by atoms with Crippen LogP contribution >= 0.6 is 23.1 Å². The lowest BCUT2D eigenvalue weighted by atomic mass is 10.1. The molecule has 0 saturated heterocycles. The number of imidazole rings is 1. The summed E-state index contributed by atoms with van der Waals surface area (Å²) in [7, 11) is 0. The predicted molar refractivity (Wildman–Crippen MR) is 138 cm³/mol. The third-order valence-corrected chi connectivity index (χ3v) is 7.37. The molecule has 34 heavy (non-hydrogen) atoms. The highest BCUT2D eigenvalue weighted by Crippen LogP contribution is 2.29. The van der Waals surface area contributed by atoms with Crippen molar-refractivity contribution in [1.29, 1.82) is 0 Å². The summed E-state index contributed by atoms with van der Waals surface area (Å²) >= 11 is 3.17. The first-order valence-corrected chi connectivity index (χ1v) is 12.7. The van der Waals surface area contributed by atoms with Gasteiger partial charge in [0, 0.05) is 11.3 Å². The molecular formula is C26H21FN4OS2. The maximum Gasteiger partial charge on any atom is 0.235 e. The second kappa shape index (κ2) is 10.2. The number of halogens is 1. The number of thiazole rings is 1. The molecule has 1 amide bonds. The van der Waals surface area contributed by atoms with Gasteiger partial charge < -0.3 is 9.88 Å². The average molecular weight is 489 g/mol. The Labute approximate surface area is 204 Å². The zero-order chi connectivity index (χ0) is 23.3. The number of hydrogen-bond donors (Lipinski definition) is 1. The maximum absolute atomic E-state index is 13.5. The molecule has 0 atom stereocenters. The molecule has 8 heteroatoms. The van der Waals surface area contributed by atoms with Crippen LogP contribution in [0.15, 0.2) is 85.2 Å². The molecule has 5 rings (SSSR count). The Bertz CT molecular complexity index is 1380. The first kappa shape index (κ1) is 22.3. The van der Waals surface area contributed by atoms with Crippen LogP contribution in [0.1, 0.15) is 10.6 Å². The lowest BCUT2D eigenvalue weighted by Gasteiger charge is -2.12. The fraction of sp³-hybridized carbons (Fsp3) is 0.115. The van der Waals surface area contributed by atoms with Crippen molar-refractivity contribution in [2.24, 2.45) is 0 Å². The monoisotopic (exact) mass is 488 g/mol. The summed E-state index contributed by atoms with van der Waals surface area (Å²) < 4.78 is 16.5. The number of benzene rings is 3. The Morgan fingerprint density at radius 1 is 1.00 bits per heavy atom. The zero-order valence-electron chi connectivity index (χ0n) is 18.1. The van der Waals surface area contributed by atoms with E-state index >= 15 is 0 Å². The highest BCUT2D eigenvalue weighted by atomic mass is 32.2. The number of carbonyl (C=O) groups is 1. The molecule has 1 N–H and O–H groups in total. The maximum atomic E-state index is 13.5. The molecule has 0 saturated carbocycles. The number of hydrogen-bond acceptors (Lipinski definition) is 5. The van der Waals surface area contributed by atoms with E-state index in [9.17, 15) is 9.18 Å². The normalized spacial score (nSPS) is 11.1. The molecule has 170 valence electrons. The number of thioether (sulfide) groups is 1. The van der Waals surface area contributed by atoms with E-state index in [2.05, 4.69) is 21.4 Å². The van der Waals surface area contributed by atoms with Crippen LogP contribution in [0, 0.1) is 5.82 Å². The zero-order valence-corrected chi connectivity index (χ0v) is 19.8. The van der Waals surface area contributed by atoms with Crippen LogP contribution in [0.3, 0.4) is 0 Å². The molecule has 5 nitrogen and oxygen atoms in total. The SMILES string of the molecule is O=C(CSCc1nc2ccccc2s1)Nc1c(-c2ccc(F)cc2)ncn1Cc1ccccc1. The standard InChI is InChI=1S/C26H21FN4OS2/c27-20-12-10-19(11-13-20)25-26(31(17-28-25)14-18-6-2-1-3-7-18)30-23(32)15-33-16-24-29-21-8-4-5-9-22(21)34-24/h1-13,17H,14-16H2,(H,30,32). The summed E-state index contributed by atoms with van der Waals surface area (Å²) in [6.45, 7) is 0.559. The van der Waals surface area contributed by atoms with Crippen molar-refractivity contribution < 1.29 is 9.18 Å². The smallest absolute Gasteiger partial charge is 0.235 e. The van der Waals surface area contributed by atoms with E-state index in [1.54, 1.807) is 29.8 Å². The van der Waals surface area contributed by atoms with Gasteiger partial charge in [0.05, 0.1) is 28.8 Å². The molecule has 0 spiro atoms. The van der Waals surface area contributed by atoms with E-state index in [1.807, 2.05) is 53.1 Å². The van der Waals surface area contributed by atoms with Crippen molar-refractivity contribution in [2.75, 3.05) is 11.1 Å². The highest BCUT2D eigenvalue weighted by molar-refractivity contribution is 7.99. The molecule has 0 aliphatic heterocycles. The molecule has 0 unspecified atom stereocenters. The minimum atomic E-state index is -0.315. The summed E-state index contributed by atoms with van der Waals surface area (Å²) in [5.74, 6) is 1.12. The summed E-state index contributed by atoms with van der Waals surface area (Å²) in [6.07, 6.45) is 1.70. The minimum Gasteiger partial charge on any atom is -0.312 e. The van der Waals surface area contributed by atoms with Gasteiger partial charge in [0.25, 0.3) is 0 Å². The second-order valence-electron chi connectivity index (χ2n) is 7.68. The van der Waals surface area contributed by atoms with Crippen LogP contribution in [0.2, 0.25) is 0 Å². The largest absolute Gasteiger partial charge is 0.312 e. The van der Waals surface area contributed by atoms with E-state index in [0.717, 1.165) is 26.4 Å². The number of rotatable bonds is 8. The van der Waals surface area contributed by atoms with Gasteiger partial charge in [-0.15, -0.1) is 23.1 Å². The quantitative estimate of drug-likeness (QED) is 0.282. The summed E-state index contributed by atoms with van der Waals surface area (Å²) in [5, 5.41) is 4.04. The third kappa shape index (κ3) is 5.18. The topological polar surface area (TPSA) is 59.8 Å². The van der Waals surface area contributed by atoms with Crippen molar-refractivity contribution in [3.05, 3.63) is 102 Å². The number of nitrogens with zero attached hydrogens (tertiary/aromatic N) is 3. The Hall–Kier alpha value is -3.49. The van der Waals surface area contributed by atoms with Gasteiger partial charge in [-0.2, -0.15) is 0 Å². The third-order valence-electron chi connectivity index (χ3n) is 5.21. The van der Waals surface area contributed by atoms with Gasteiger partial charge in [-0.1, -0.05) is 42.5 Å². The summed E-state index contributed by atoms with van der Waals surface area (Å²) in [6, 6.07) is 24.1. The molecule has 0 aliphatic carbocycles. The van der Waals surface area contributed by atoms with E-state index in [4.69, 9.17) is 0 Å². The fourth-order valence-corrected chi connectivity index (χ4v) is 5.46. The first-order valence-electron chi connectivity index (χ1n) is 10.7. The molecule has 0 bridgehead atoms. The van der Waals surface area contributed by atoms with Crippen molar-refractivity contribution in [3.63, 3.8) is 0 Å². The average Bonchev–Trinajstić information content (AvgIpc) is 3.44. The Balaban J connectivity index is 1.31. The molecule has 2 aromatic heterocycles.